The van der Waals surface area contributed by atoms with Gasteiger partial charge < -0.3 is 4.89 Å². The smallest absolute Gasteiger partial charge is 0.325 e. The van der Waals surface area contributed by atoms with E-state index in [9.17, 15) is 0 Å². The van der Waals surface area contributed by atoms with Crippen molar-refractivity contribution in [1.82, 2.24) is 0 Å². The minimum Gasteiger partial charge on any atom is -0.325 e. The Balaban J connectivity index is 2.75. The van der Waals surface area contributed by atoms with Gasteiger partial charge in [0.05, 0.1) is 0 Å². The van der Waals surface area contributed by atoms with Crippen LogP contribution >= 0.6 is 8.60 Å². The van der Waals surface area contributed by atoms with E-state index in [1.54, 1.807) is 0 Å². The maximum Gasteiger partial charge on any atom is 0.388 e. The molecule has 0 saturated heterocycles. The van der Waals surface area contributed by atoms with Crippen LogP contribution in [0.25, 0.3) is 0 Å². The lowest BCUT2D eigenvalue weighted by atomic mass is 14.9. The number of hydrogen-bond acceptors (Lipinski definition) is 5. The van der Waals surface area contributed by atoms with Gasteiger partial charge >= 0.3 is 8.60 Å². The second kappa shape index (κ2) is 3.42. The molecule has 0 amide bonds. The van der Waals surface area contributed by atoms with Gasteiger partial charge in [-0.15, -0.1) is 0 Å². The van der Waals surface area contributed by atoms with Crippen LogP contribution in [0.15, 0.2) is 0 Å². The van der Waals surface area contributed by atoms with Crippen LogP contribution in [-0.2, 0) is 9.35 Å². The van der Waals surface area contributed by atoms with E-state index < -0.39 is 8.60 Å². The van der Waals surface area contributed by atoms with Crippen LogP contribution in [0.2, 0.25) is 0 Å². The SMILES string of the molecule is OOP(O)OO. The lowest BCUT2D eigenvalue weighted by Gasteiger charge is -1.93. The molecule has 0 spiro atoms. The fourth-order valence-corrected chi connectivity index (χ4v) is 0.0447. The van der Waals surface area contributed by atoms with E-state index in [-0.39, 0.29) is 0 Å². The Hall–Kier alpha value is 0.230. The maximum atomic E-state index is 7.79. The van der Waals surface area contributed by atoms with E-state index in [0.717, 1.165) is 0 Å². The zero-order chi connectivity index (χ0) is 4.99. The minimum atomic E-state index is -2.47. The summed E-state index contributed by atoms with van der Waals surface area (Å²) in [6, 6.07) is 0. The largest absolute Gasteiger partial charge is 0.388 e. The molecule has 0 atom stereocenters. The molecule has 0 aliphatic carbocycles. The minimum absolute atomic E-state index is 2.47. The summed E-state index contributed by atoms with van der Waals surface area (Å²) in [6.45, 7) is 0. The first-order chi connectivity index (χ1) is 2.81. The predicted molar refractivity (Wildman–Crippen MR) is 16.6 cm³/mol. The van der Waals surface area contributed by atoms with Crippen molar-refractivity contribution in [3.05, 3.63) is 0 Å². The zero-order valence-corrected chi connectivity index (χ0v) is 3.50. The first-order valence-corrected chi connectivity index (χ1v) is 2.06. The molecule has 6 heteroatoms. The van der Waals surface area contributed by atoms with Gasteiger partial charge in [0.25, 0.3) is 0 Å². The Morgan fingerprint density at radius 3 is 1.50 bits per heavy atom. The molecule has 0 unspecified atom stereocenters. The normalized spacial score (nSPS) is 10.0. The van der Waals surface area contributed by atoms with Crippen LogP contribution < -0.4 is 0 Å². The lowest BCUT2D eigenvalue weighted by Crippen LogP contribution is -1.77. The van der Waals surface area contributed by atoms with Crippen molar-refractivity contribution in [2.75, 3.05) is 0 Å². The maximum absolute atomic E-state index is 7.79. The summed E-state index contributed by atoms with van der Waals surface area (Å²) in [6.07, 6.45) is 0. The molecule has 0 aromatic carbocycles. The number of hydrogen-bond donors (Lipinski definition) is 3. The summed E-state index contributed by atoms with van der Waals surface area (Å²) >= 11 is 0. The van der Waals surface area contributed by atoms with Crippen molar-refractivity contribution in [2.24, 2.45) is 0 Å². The Labute approximate surface area is 34.6 Å². The van der Waals surface area contributed by atoms with Gasteiger partial charge in [0.15, 0.2) is 0 Å². The van der Waals surface area contributed by atoms with E-state index in [0.29, 0.717) is 0 Å². The van der Waals surface area contributed by atoms with Crippen LogP contribution in [0.3, 0.4) is 0 Å². The summed E-state index contributed by atoms with van der Waals surface area (Å²) in [5.41, 5.74) is 0. The van der Waals surface area contributed by atoms with Crippen LogP contribution in [0.5, 0.6) is 0 Å². The van der Waals surface area contributed by atoms with Gasteiger partial charge in [-0.3, -0.25) is 0 Å². The summed E-state index contributed by atoms with van der Waals surface area (Å²) in [5.74, 6) is 0. The monoisotopic (exact) mass is 114 g/mol. The third-order valence-electron chi connectivity index (χ3n) is 0.140. The molecule has 0 aromatic heterocycles. The molecule has 3 N–H and O–H groups in total. The quantitative estimate of drug-likeness (QED) is 0.271. The van der Waals surface area contributed by atoms with E-state index in [1.165, 1.54) is 0 Å². The topological polar surface area (TPSA) is 79.2 Å². The van der Waals surface area contributed by atoms with Crippen LogP contribution in [0, 0.1) is 0 Å². The fourth-order valence-electron chi connectivity index (χ4n) is 0.0149. The van der Waals surface area contributed by atoms with Gasteiger partial charge in [0, 0.05) is 0 Å². The second-order valence-corrected chi connectivity index (χ2v) is 1.20. The van der Waals surface area contributed by atoms with Gasteiger partial charge in [-0.2, -0.15) is 9.35 Å². The molecule has 6 heavy (non-hydrogen) atoms. The molecule has 38 valence electrons. The molecule has 0 aliphatic heterocycles. The average Bonchev–Trinajstić information content (AvgIpc) is 1.65. The third kappa shape index (κ3) is 2.47. The highest BCUT2D eigenvalue weighted by Gasteiger charge is 2.00. The van der Waals surface area contributed by atoms with Crippen molar-refractivity contribution >= 4 is 8.60 Å². The zero-order valence-electron chi connectivity index (χ0n) is 2.61. The van der Waals surface area contributed by atoms with E-state index in [1.807, 2.05) is 0 Å². The van der Waals surface area contributed by atoms with Crippen molar-refractivity contribution in [3.63, 3.8) is 0 Å². The van der Waals surface area contributed by atoms with Crippen molar-refractivity contribution in [2.45, 2.75) is 0 Å². The van der Waals surface area contributed by atoms with Crippen LogP contribution in [-0.4, -0.2) is 15.4 Å². The highest BCUT2D eigenvalue weighted by molar-refractivity contribution is 7.40. The predicted octanol–water partition coefficient (Wildman–Crippen LogP) is 0.185. The Bertz CT molecular complexity index is 23.1. The molecule has 0 aromatic rings. The molecular weight excluding hydrogens is 111 g/mol. The number of rotatable bonds is 2. The van der Waals surface area contributed by atoms with Gasteiger partial charge in [0.1, 0.15) is 0 Å². The van der Waals surface area contributed by atoms with Crippen LogP contribution in [0.1, 0.15) is 0 Å². The van der Waals surface area contributed by atoms with Crippen molar-refractivity contribution in [3.8, 4) is 0 Å². The van der Waals surface area contributed by atoms with E-state index >= 15 is 0 Å². The molecule has 5 nitrogen and oxygen atoms in total. The van der Waals surface area contributed by atoms with Gasteiger partial charge in [-0.25, -0.2) is 10.5 Å². The molecule has 0 saturated carbocycles. The Morgan fingerprint density at radius 2 is 1.50 bits per heavy atom. The summed E-state index contributed by atoms with van der Waals surface area (Å²) in [7, 11) is -2.47. The first kappa shape index (κ1) is 6.23. The standard InChI is InChI=1S/H3O5P/c1-4-6(3)5-2/h1-3H. The van der Waals surface area contributed by atoms with Crippen LogP contribution in [0.4, 0.5) is 0 Å². The molecular formula is H3O5P. The highest BCUT2D eigenvalue weighted by atomic mass is 31.2. The van der Waals surface area contributed by atoms with Crippen molar-refractivity contribution in [1.29, 1.82) is 0 Å². The Kier molecular flexibility index (Phi) is 3.55. The van der Waals surface area contributed by atoms with Gasteiger partial charge in [-0.1, -0.05) is 0 Å². The molecule has 0 aliphatic rings. The summed E-state index contributed by atoms with van der Waals surface area (Å²) < 4.78 is 6.09. The fraction of sp³-hybridized carbons (Fsp3) is 0. The molecule has 0 radical (unpaired) electrons. The molecule has 0 rings (SSSR count). The molecule has 0 fully saturated rings. The Morgan fingerprint density at radius 1 is 1.17 bits per heavy atom. The second-order valence-electron chi connectivity index (χ2n) is 0.401. The van der Waals surface area contributed by atoms with Crippen molar-refractivity contribution < 1.29 is 24.8 Å². The summed E-state index contributed by atoms with van der Waals surface area (Å²) in [5, 5.41) is 14.7. The van der Waals surface area contributed by atoms with E-state index in [4.69, 9.17) is 15.4 Å². The molecule has 0 bridgehead atoms. The van der Waals surface area contributed by atoms with E-state index in [2.05, 4.69) is 9.35 Å². The lowest BCUT2D eigenvalue weighted by molar-refractivity contribution is -0.208. The molecule has 0 heterocycles. The first-order valence-electron chi connectivity index (χ1n) is 0.930. The van der Waals surface area contributed by atoms with Gasteiger partial charge in [0.2, 0.25) is 0 Å². The highest BCUT2D eigenvalue weighted by Crippen LogP contribution is 2.28. The average molecular weight is 114 g/mol. The van der Waals surface area contributed by atoms with Gasteiger partial charge in [-0.05, 0) is 0 Å². The summed E-state index contributed by atoms with van der Waals surface area (Å²) in [4.78, 5) is 7.79. The third-order valence-corrected chi connectivity index (χ3v) is 0.419.